The number of benzene rings is 2. The van der Waals surface area contributed by atoms with Crippen LogP contribution < -0.4 is 23.8 Å². The molecule has 1 saturated heterocycles. The Hall–Kier alpha value is -3.08. The molecule has 1 amide bonds. The lowest BCUT2D eigenvalue weighted by molar-refractivity contribution is 0.0391. The van der Waals surface area contributed by atoms with Crippen LogP contribution in [-0.2, 0) is 4.74 Å². The first-order valence-corrected chi connectivity index (χ1v) is 11.8. The van der Waals surface area contributed by atoms with E-state index in [1.165, 1.54) is 18.4 Å². The number of morpholine rings is 1. The number of rotatable bonds is 9. The van der Waals surface area contributed by atoms with Gasteiger partial charge in [0.05, 0.1) is 47.2 Å². The van der Waals surface area contributed by atoms with Crippen molar-refractivity contribution in [2.45, 2.75) is 0 Å². The van der Waals surface area contributed by atoms with Gasteiger partial charge in [0.15, 0.2) is 16.6 Å². The number of anilines is 1. The van der Waals surface area contributed by atoms with Crippen LogP contribution in [0.1, 0.15) is 10.4 Å². The highest BCUT2D eigenvalue weighted by Crippen LogP contribution is 2.41. The van der Waals surface area contributed by atoms with Gasteiger partial charge >= 0.3 is 0 Å². The molecule has 0 unspecified atom stereocenters. The average molecular weight is 488 g/mol. The van der Waals surface area contributed by atoms with Crippen molar-refractivity contribution < 1.29 is 28.5 Å². The van der Waals surface area contributed by atoms with Gasteiger partial charge in [-0.15, -0.1) is 0 Å². The molecule has 0 radical (unpaired) electrons. The monoisotopic (exact) mass is 487 g/mol. The Morgan fingerprint density at radius 2 is 1.71 bits per heavy atom. The van der Waals surface area contributed by atoms with E-state index in [9.17, 15) is 4.79 Å². The Morgan fingerprint density at radius 3 is 2.38 bits per heavy atom. The fourth-order valence-corrected chi connectivity index (χ4v) is 5.04. The standard InChI is InChI=1S/C24H29N3O6S/c1-29-17-8-9-19(31-3)22-20(17)25-24(34-22)27(11-10-26-12-14-33-15-13-26)23(28)16-6-5-7-18(30-2)21(16)32-4/h5-9H,10-15H2,1-4H3. The maximum absolute atomic E-state index is 13.9. The molecule has 0 bridgehead atoms. The van der Waals surface area contributed by atoms with Crippen molar-refractivity contribution in [1.29, 1.82) is 0 Å². The molecular formula is C24H29N3O6S. The van der Waals surface area contributed by atoms with Crippen molar-refractivity contribution in [1.82, 2.24) is 9.88 Å². The van der Waals surface area contributed by atoms with Crippen molar-refractivity contribution >= 4 is 32.6 Å². The highest BCUT2D eigenvalue weighted by Gasteiger charge is 2.27. The van der Waals surface area contributed by atoms with Gasteiger partial charge in [0, 0.05) is 26.2 Å². The van der Waals surface area contributed by atoms with Crippen molar-refractivity contribution in [3.8, 4) is 23.0 Å². The number of amides is 1. The molecule has 1 fully saturated rings. The molecule has 10 heteroatoms. The number of para-hydroxylation sites is 1. The van der Waals surface area contributed by atoms with Crippen LogP contribution in [-0.4, -0.2) is 83.6 Å². The lowest BCUT2D eigenvalue weighted by Crippen LogP contribution is -2.43. The molecule has 1 aliphatic rings. The van der Waals surface area contributed by atoms with Crippen LogP contribution in [0.25, 0.3) is 10.2 Å². The summed E-state index contributed by atoms with van der Waals surface area (Å²) in [6.07, 6.45) is 0. The van der Waals surface area contributed by atoms with E-state index in [4.69, 9.17) is 28.7 Å². The van der Waals surface area contributed by atoms with Crippen molar-refractivity contribution in [3.63, 3.8) is 0 Å². The molecule has 2 heterocycles. The fourth-order valence-electron chi connectivity index (χ4n) is 3.94. The van der Waals surface area contributed by atoms with Crippen LogP contribution in [0, 0.1) is 0 Å². The first-order chi connectivity index (χ1) is 16.6. The minimum atomic E-state index is -0.221. The molecule has 182 valence electrons. The van der Waals surface area contributed by atoms with E-state index in [1.807, 2.05) is 12.1 Å². The Kier molecular flexibility index (Phi) is 7.71. The van der Waals surface area contributed by atoms with E-state index in [2.05, 4.69) is 4.90 Å². The van der Waals surface area contributed by atoms with Gasteiger partial charge in [0.1, 0.15) is 21.7 Å². The van der Waals surface area contributed by atoms with Crippen LogP contribution in [0.3, 0.4) is 0 Å². The van der Waals surface area contributed by atoms with Crippen molar-refractivity contribution in [2.75, 3.05) is 72.7 Å². The zero-order chi connectivity index (χ0) is 24.1. The number of carbonyl (C=O) groups is 1. The fraction of sp³-hybridized carbons (Fsp3) is 0.417. The smallest absolute Gasteiger partial charge is 0.264 e. The topological polar surface area (TPSA) is 82.6 Å². The quantitative estimate of drug-likeness (QED) is 0.455. The molecule has 4 rings (SSSR count). The van der Waals surface area contributed by atoms with E-state index < -0.39 is 0 Å². The second kappa shape index (κ2) is 10.9. The summed E-state index contributed by atoms with van der Waals surface area (Å²) in [4.78, 5) is 22.7. The molecule has 0 saturated carbocycles. The van der Waals surface area contributed by atoms with Crippen molar-refractivity contribution in [2.24, 2.45) is 0 Å². The van der Waals surface area contributed by atoms with E-state index in [0.29, 0.717) is 65.5 Å². The van der Waals surface area contributed by atoms with Gasteiger partial charge in [-0.05, 0) is 24.3 Å². The zero-order valence-corrected chi connectivity index (χ0v) is 20.6. The normalized spacial score (nSPS) is 14.1. The number of hydrogen-bond donors (Lipinski definition) is 0. The molecule has 0 spiro atoms. The Labute approximate surface area is 202 Å². The molecule has 3 aromatic rings. The number of thiazole rings is 1. The third-order valence-electron chi connectivity index (χ3n) is 5.75. The Morgan fingerprint density at radius 1 is 1.00 bits per heavy atom. The van der Waals surface area contributed by atoms with Crippen LogP contribution in [0.2, 0.25) is 0 Å². The maximum Gasteiger partial charge on any atom is 0.264 e. The summed E-state index contributed by atoms with van der Waals surface area (Å²) in [6, 6.07) is 8.93. The minimum Gasteiger partial charge on any atom is -0.495 e. The number of fused-ring (bicyclic) bond motifs is 1. The number of aromatic nitrogens is 1. The molecule has 1 aromatic heterocycles. The summed E-state index contributed by atoms with van der Waals surface area (Å²) in [7, 11) is 6.29. The third-order valence-corrected chi connectivity index (χ3v) is 6.84. The number of carbonyl (C=O) groups excluding carboxylic acids is 1. The third kappa shape index (κ3) is 4.75. The lowest BCUT2D eigenvalue weighted by Gasteiger charge is -2.29. The predicted molar refractivity (Wildman–Crippen MR) is 131 cm³/mol. The molecule has 2 aromatic carbocycles. The molecule has 9 nitrogen and oxygen atoms in total. The van der Waals surface area contributed by atoms with E-state index >= 15 is 0 Å². The van der Waals surface area contributed by atoms with Gasteiger partial charge in [0.25, 0.3) is 5.91 Å². The highest BCUT2D eigenvalue weighted by molar-refractivity contribution is 7.22. The molecule has 0 aliphatic carbocycles. The molecular weight excluding hydrogens is 458 g/mol. The molecule has 0 atom stereocenters. The summed E-state index contributed by atoms with van der Waals surface area (Å²) in [5.74, 6) is 1.97. The van der Waals surface area contributed by atoms with E-state index in [0.717, 1.165) is 17.8 Å². The summed E-state index contributed by atoms with van der Waals surface area (Å²) in [5, 5.41) is 0.556. The number of ether oxygens (including phenoxy) is 5. The van der Waals surface area contributed by atoms with Crippen LogP contribution >= 0.6 is 11.3 Å². The molecule has 0 N–H and O–H groups in total. The maximum atomic E-state index is 13.9. The lowest BCUT2D eigenvalue weighted by atomic mass is 10.1. The van der Waals surface area contributed by atoms with Gasteiger partial charge < -0.3 is 23.7 Å². The number of hydrogen-bond acceptors (Lipinski definition) is 9. The first-order valence-electron chi connectivity index (χ1n) is 11.0. The van der Waals surface area contributed by atoms with Crippen LogP contribution in [0.15, 0.2) is 30.3 Å². The van der Waals surface area contributed by atoms with Gasteiger partial charge in [-0.25, -0.2) is 4.98 Å². The van der Waals surface area contributed by atoms with Crippen LogP contribution in [0.4, 0.5) is 5.13 Å². The SMILES string of the molecule is COc1cccc(C(=O)N(CCN2CCOCC2)c2nc3c(OC)ccc(OC)c3s2)c1OC. The first kappa shape index (κ1) is 24.1. The van der Waals surface area contributed by atoms with Crippen molar-refractivity contribution in [3.05, 3.63) is 35.9 Å². The molecule has 34 heavy (non-hydrogen) atoms. The summed E-state index contributed by atoms with van der Waals surface area (Å²) < 4.78 is 28.3. The zero-order valence-electron chi connectivity index (χ0n) is 19.8. The summed E-state index contributed by atoms with van der Waals surface area (Å²) in [6.45, 7) is 4.16. The second-order valence-corrected chi connectivity index (χ2v) is 8.57. The Balaban J connectivity index is 1.76. The highest BCUT2D eigenvalue weighted by atomic mass is 32.1. The minimum absolute atomic E-state index is 0.221. The van der Waals surface area contributed by atoms with Crippen LogP contribution in [0.5, 0.6) is 23.0 Å². The Bertz CT molecular complexity index is 1100. The van der Waals surface area contributed by atoms with Gasteiger partial charge in [-0.3, -0.25) is 14.6 Å². The van der Waals surface area contributed by atoms with Gasteiger partial charge in [0.2, 0.25) is 0 Å². The van der Waals surface area contributed by atoms with Gasteiger partial charge in [-0.1, -0.05) is 17.4 Å². The largest absolute Gasteiger partial charge is 0.495 e. The molecule has 1 aliphatic heterocycles. The van der Waals surface area contributed by atoms with E-state index in [-0.39, 0.29) is 5.91 Å². The summed E-state index contributed by atoms with van der Waals surface area (Å²) in [5.41, 5.74) is 1.06. The predicted octanol–water partition coefficient (Wildman–Crippen LogP) is 3.31. The number of nitrogens with zero attached hydrogens (tertiary/aromatic N) is 3. The second-order valence-electron chi connectivity index (χ2n) is 7.60. The van der Waals surface area contributed by atoms with E-state index in [1.54, 1.807) is 44.4 Å². The van der Waals surface area contributed by atoms with Gasteiger partial charge in [-0.2, -0.15) is 0 Å². The number of methoxy groups -OCH3 is 4. The summed E-state index contributed by atoms with van der Waals surface area (Å²) >= 11 is 1.39. The average Bonchev–Trinajstić information content (AvgIpc) is 3.33.